The maximum absolute atomic E-state index is 12.3. The van der Waals surface area contributed by atoms with Gasteiger partial charge in [-0.25, -0.2) is 9.69 Å². The van der Waals surface area contributed by atoms with E-state index < -0.39 is 6.09 Å². The van der Waals surface area contributed by atoms with Crippen LogP contribution in [-0.2, 0) is 16.0 Å². The van der Waals surface area contributed by atoms with E-state index in [4.69, 9.17) is 4.74 Å². The molecule has 1 atom stereocenters. The summed E-state index contributed by atoms with van der Waals surface area (Å²) in [5.41, 5.74) is 1.10. The molecular formula is C19H25NO3. The molecule has 23 heavy (non-hydrogen) atoms. The molecule has 1 fully saturated rings. The third-order valence-corrected chi connectivity index (χ3v) is 3.84. The lowest BCUT2D eigenvalue weighted by Gasteiger charge is -2.19. The molecule has 2 rings (SSSR count). The minimum atomic E-state index is -0.512. The largest absolute Gasteiger partial charge is 0.447 e. The molecule has 0 aliphatic carbocycles. The number of cyclic esters (lactones) is 1. The molecule has 4 heteroatoms. The van der Waals surface area contributed by atoms with Gasteiger partial charge in [0.25, 0.3) is 0 Å². The maximum atomic E-state index is 12.3. The molecule has 1 aromatic carbocycles. The summed E-state index contributed by atoms with van der Waals surface area (Å²) in [4.78, 5) is 25.5. The summed E-state index contributed by atoms with van der Waals surface area (Å²) >= 11 is 0. The Morgan fingerprint density at radius 3 is 2.74 bits per heavy atom. The van der Waals surface area contributed by atoms with Gasteiger partial charge in [0.1, 0.15) is 6.61 Å². The summed E-state index contributed by atoms with van der Waals surface area (Å²) in [6.45, 7) is 4.59. The van der Waals surface area contributed by atoms with Gasteiger partial charge in [-0.05, 0) is 30.7 Å². The summed E-state index contributed by atoms with van der Waals surface area (Å²) in [6.07, 6.45) is 6.26. The van der Waals surface area contributed by atoms with Crippen LogP contribution >= 0.6 is 0 Å². The van der Waals surface area contributed by atoms with E-state index >= 15 is 0 Å². The molecule has 0 spiro atoms. The summed E-state index contributed by atoms with van der Waals surface area (Å²) in [6, 6.07) is 9.67. The number of hydrogen-bond donors (Lipinski definition) is 0. The third kappa shape index (κ3) is 5.23. The van der Waals surface area contributed by atoms with Gasteiger partial charge < -0.3 is 4.74 Å². The van der Waals surface area contributed by atoms with Crippen LogP contribution in [0.5, 0.6) is 0 Å². The Hall–Kier alpha value is -2.10. The predicted molar refractivity (Wildman–Crippen MR) is 90.0 cm³/mol. The monoisotopic (exact) mass is 315 g/mol. The van der Waals surface area contributed by atoms with Crippen molar-refractivity contribution in [2.24, 2.45) is 5.92 Å². The molecule has 0 unspecified atom stereocenters. The number of imide groups is 1. The van der Waals surface area contributed by atoms with Crippen LogP contribution in [0.4, 0.5) is 4.79 Å². The van der Waals surface area contributed by atoms with Gasteiger partial charge in [0, 0.05) is 6.42 Å². The first-order chi connectivity index (χ1) is 11.1. The van der Waals surface area contributed by atoms with Gasteiger partial charge in [0.2, 0.25) is 5.91 Å². The Balaban J connectivity index is 1.88. The number of carbonyl (C=O) groups is 2. The van der Waals surface area contributed by atoms with Crippen molar-refractivity contribution in [2.75, 3.05) is 6.61 Å². The van der Waals surface area contributed by atoms with Crippen molar-refractivity contribution in [3.8, 4) is 0 Å². The lowest BCUT2D eigenvalue weighted by atomic mass is 10.1. The van der Waals surface area contributed by atoms with E-state index in [0.29, 0.717) is 25.2 Å². The highest BCUT2D eigenvalue weighted by molar-refractivity contribution is 5.93. The number of amides is 2. The van der Waals surface area contributed by atoms with Gasteiger partial charge >= 0.3 is 6.09 Å². The predicted octanol–water partition coefficient (Wildman–Crippen LogP) is 3.96. The standard InChI is InChI=1S/C19H25NO3/c1-15(2)9-5-3-8-12-18(21)20-17(14-23-19(20)22)13-16-10-6-4-7-11-16/h3-7,10-11,15,17H,8-9,12-14H2,1-2H3/t17-/m1/s1. The summed E-state index contributed by atoms with van der Waals surface area (Å²) in [7, 11) is 0. The van der Waals surface area contributed by atoms with Gasteiger partial charge in [-0.1, -0.05) is 56.3 Å². The van der Waals surface area contributed by atoms with Gasteiger partial charge in [-0.15, -0.1) is 0 Å². The molecular weight excluding hydrogens is 290 g/mol. The van der Waals surface area contributed by atoms with Crippen molar-refractivity contribution in [2.45, 2.75) is 45.6 Å². The smallest absolute Gasteiger partial charge is 0.416 e. The van der Waals surface area contributed by atoms with Crippen LogP contribution in [0.2, 0.25) is 0 Å². The number of carbonyl (C=O) groups excluding carboxylic acids is 2. The Labute approximate surface area is 138 Å². The Bertz CT molecular complexity index is 551. The molecule has 1 aliphatic rings. The van der Waals surface area contributed by atoms with Crippen LogP contribution in [0.1, 0.15) is 38.7 Å². The topological polar surface area (TPSA) is 46.6 Å². The van der Waals surface area contributed by atoms with Crippen LogP contribution in [0.15, 0.2) is 42.5 Å². The zero-order chi connectivity index (χ0) is 16.7. The lowest BCUT2D eigenvalue weighted by molar-refractivity contribution is -0.129. The molecule has 0 radical (unpaired) electrons. The first-order valence-corrected chi connectivity index (χ1v) is 8.25. The van der Waals surface area contributed by atoms with Gasteiger partial charge in [0.05, 0.1) is 6.04 Å². The van der Waals surface area contributed by atoms with Crippen LogP contribution in [0.3, 0.4) is 0 Å². The molecule has 1 aliphatic heterocycles. The van der Waals surface area contributed by atoms with E-state index in [1.54, 1.807) is 0 Å². The molecule has 0 N–H and O–H groups in total. The fraction of sp³-hybridized carbons (Fsp3) is 0.474. The van der Waals surface area contributed by atoms with Crippen LogP contribution in [-0.4, -0.2) is 29.5 Å². The van der Waals surface area contributed by atoms with Crippen molar-refractivity contribution >= 4 is 12.0 Å². The summed E-state index contributed by atoms with van der Waals surface area (Å²) < 4.78 is 5.08. The highest BCUT2D eigenvalue weighted by Crippen LogP contribution is 2.19. The lowest BCUT2D eigenvalue weighted by Crippen LogP contribution is -2.40. The second-order valence-electron chi connectivity index (χ2n) is 6.32. The van der Waals surface area contributed by atoms with Crippen LogP contribution < -0.4 is 0 Å². The van der Waals surface area contributed by atoms with E-state index in [1.807, 2.05) is 36.4 Å². The quantitative estimate of drug-likeness (QED) is 0.716. The molecule has 1 aromatic rings. The van der Waals surface area contributed by atoms with Crippen LogP contribution in [0.25, 0.3) is 0 Å². The maximum Gasteiger partial charge on any atom is 0.416 e. The van der Waals surface area contributed by atoms with Crippen LogP contribution in [0, 0.1) is 5.92 Å². The molecule has 2 amide bonds. The highest BCUT2D eigenvalue weighted by atomic mass is 16.6. The fourth-order valence-corrected chi connectivity index (χ4v) is 2.62. The third-order valence-electron chi connectivity index (χ3n) is 3.84. The molecule has 0 saturated carbocycles. The number of ether oxygens (including phenoxy) is 1. The Morgan fingerprint density at radius 2 is 2.04 bits per heavy atom. The van der Waals surface area contributed by atoms with E-state index in [9.17, 15) is 9.59 Å². The normalized spacial score (nSPS) is 18.0. The highest BCUT2D eigenvalue weighted by Gasteiger charge is 2.37. The molecule has 1 heterocycles. The van der Waals surface area contributed by atoms with Crippen molar-refractivity contribution in [1.82, 2.24) is 4.90 Å². The zero-order valence-corrected chi connectivity index (χ0v) is 13.9. The number of allylic oxidation sites excluding steroid dienone is 2. The molecule has 1 saturated heterocycles. The second-order valence-corrected chi connectivity index (χ2v) is 6.32. The Morgan fingerprint density at radius 1 is 1.30 bits per heavy atom. The number of rotatable bonds is 7. The molecule has 0 bridgehead atoms. The molecule has 0 aromatic heterocycles. The van der Waals surface area contributed by atoms with Crippen molar-refractivity contribution in [3.63, 3.8) is 0 Å². The van der Waals surface area contributed by atoms with E-state index in [2.05, 4.69) is 19.9 Å². The van der Waals surface area contributed by atoms with Gasteiger partial charge in [0.15, 0.2) is 0 Å². The van der Waals surface area contributed by atoms with E-state index in [0.717, 1.165) is 12.0 Å². The minimum absolute atomic E-state index is 0.150. The average Bonchev–Trinajstić information content (AvgIpc) is 2.88. The van der Waals surface area contributed by atoms with Gasteiger partial charge in [-0.3, -0.25) is 4.79 Å². The van der Waals surface area contributed by atoms with Crippen molar-refractivity contribution in [3.05, 3.63) is 48.0 Å². The summed E-state index contributed by atoms with van der Waals surface area (Å²) in [5, 5.41) is 0. The van der Waals surface area contributed by atoms with E-state index in [1.165, 1.54) is 4.90 Å². The van der Waals surface area contributed by atoms with E-state index in [-0.39, 0.29) is 18.6 Å². The number of benzene rings is 1. The zero-order valence-electron chi connectivity index (χ0n) is 13.9. The summed E-state index contributed by atoms with van der Waals surface area (Å²) in [5.74, 6) is 0.466. The minimum Gasteiger partial charge on any atom is -0.447 e. The number of nitrogens with zero attached hydrogens (tertiary/aromatic N) is 1. The first-order valence-electron chi connectivity index (χ1n) is 8.25. The number of hydrogen-bond acceptors (Lipinski definition) is 3. The first kappa shape index (κ1) is 17.3. The van der Waals surface area contributed by atoms with Crippen molar-refractivity contribution < 1.29 is 14.3 Å². The molecule has 124 valence electrons. The Kier molecular flexibility index (Phi) is 6.39. The second kappa shape index (κ2) is 8.51. The molecule has 4 nitrogen and oxygen atoms in total. The average molecular weight is 315 g/mol. The SMILES string of the molecule is CC(C)CC=CCCC(=O)N1C(=O)OC[C@H]1Cc1ccccc1. The van der Waals surface area contributed by atoms with Gasteiger partial charge in [-0.2, -0.15) is 0 Å². The fourth-order valence-electron chi connectivity index (χ4n) is 2.62. The van der Waals surface area contributed by atoms with Crippen molar-refractivity contribution in [1.29, 1.82) is 0 Å².